The van der Waals surface area contributed by atoms with Crippen LogP contribution in [0.15, 0.2) is 12.1 Å². The second-order valence-electron chi connectivity index (χ2n) is 3.32. The predicted octanol–water partition coefficient (Wildman–Crippen LogP) is 1.87. The first-order valence-corrected chi connectivity index (χ1v) is 4.81. The second kappa shape index (κ2) is 4.79. The van der Waals surface area contributed by atoms with Crippen molar-refractivity contribution in [2.24, 2.45) is 5.73 Å². The summed E-state index contributed by atoms with van der Waals surface area (Å²) in [6.45, 7) is 1.63. The summed E-state index contributed by atoms with van der Waals surface area (Å²) >= 11 is 5.77. The van der Waals surface area contributed by atoms with Gasteiger partial charge in [-0.05, 0) is 24.6 Å². The van der Waals surface area contributed by atoms with Gasteiger partial charge in [0.2, 0.25) is 0 Å². The molecule has 84 valence electrons. The van der Waals surface area contributed by atoms with Gasteiger partial charge in [-0.3, -0.25) is 0 Å². The van der Waals surface area contributed by atoms with Gasteiger partial charge in [0.05, 0.1) is 18.2 Å². The predicted molar refractivity (Wildman–Crippen MR) is 56.6 cm³/mol. The third-order valence-electron chi connectivity index (χ3n) is 2.06. The van der Waals surface area contributed by atoms with Crippen LogP contribution >= 0.6 is 11.6 Å². The molecule has 2 unspecified atom stereocenters. The maximum atomic E-state index is 13.4. The van der Waals surface area contributed by atoms with Crippen molar-refractivity contribution in [2.75, 3.05) is 7.11 Å². The zero-order chi connectivity index (χ0) is 11.6. The minimum Gasteiger partial charge on any atom is -0.492 e. The molecule has 1 rings (SSSR count). The van der Waals surface area contributed by atoms with E-state index in [1.54, 1.807) is 6.92 Å². The molecule has 0 aromatic heterocycles. The fraction of sp³-hybridized carbons (Fsp3) is 0.400. The van der Waals surface area contributed by atoms with E-state index in [1.807, 2.05) is 0 Å². The molecule has 15 heavy (non-hydrogen) atoms. The quantitative estimate of drug-likeness (QED) is 0.838. The van der Waals surface area contributed by atoms with Gasteiger partial charge < -0.3 is 15.6 Å². The number of nitrogens with two attached hydrogens (primary N) is 1. The van der Waals surface area contributed by atoms with Crippen molar-refractivity contribution >= 4 is 11.6 Å². The summed E-state index contributed by atoms with van der Waals surface area (Å²) in [4.78, 5) is 0. The Kier molecular flexibility index (Phi) is 3.90. The van der Waals surface area contributed by atoms with Crippen LogP contribution in [0.1, 0.15) is 18.6 Å². The Labute approximate surface area is 92.6 Å². The van der Waals surface area contributed by atoms with Crippen LogP contribution < -0.4 is 10.5 Å². The highest BCUT2D eigenvalue weighted by Gasteiger charge is 2.17. The van der Waals surface area contributed by atoms with Gasteiger partial charge in [0.15, 0.2) is 11.6 Å². The van der Waals surface area contributed by atoms with Gasteiger partial charge in [0.25, 0.3) is 0 Å². The molecule has 0 heterocycles. The van der Waals surface area contributed by atoms with Crippen molar-refractivity contribution in [3.63, 3.8) is 0 Å². The van der Waals surface area contributed by atoms with Gasteiger partial charge in [-0.25, -0.2) is 4.39 Å². The van der Waals surface area contributed by atoms with Gasteiger partial charge >= 0.3 is 0 Å². The lowest BCUT2D eigenvalue weighted by molar-refractivity contribution is 0.153. The van der Waals surface area contributed by atoms with E-state index in [1.165, 1.54) is 19.2 Å². The molecule has 5 heteroatoms. The normalized spacial score (nSPS) is 14.8. The molecule has 0 amide bonds. The van der Waals surface area contributed by atoms with Crippen LogP contribution in [0.2, 0.25) is 5.02 Å². The first-order chi connectivity index (χ1) is 6.97. The topological polar surface area (TPSA) is 55.5 Å². The minimum absolute atomic E-state index is 0.0303. The molecule has 0 radical (unpaired) electrons. The lowest BCUT2D eigenvalue weighted by atomic mass is 10.0. The van der Waals surface area contributed by atoms with Gasteiger partial charge in [0, 0.05) is 6.04 Å². The molecular formula is C10H13ClFNO2. The number of rotatable bonds is 3. The Morgan fingerprint density at radius 1 is 1.53 bits per heavy atom. The zero-order valence-corrected chi connectivity index (χ0v) is 9.25. The molecule has 3 N–H and O–H groups in total. The molecule has 1 aromatic carbocycles. The third kappa shape index (κ3) is 2.59. The Bertz CT molecular complexity index is 334. The smallest absolute Gasteiger partial charge is 0.173 e. The van der Waals surface area contributed by atoms with Crippen LogP contribution in [0, 0.1) is 5.82 Å². The van der Waals surface area contributed by atoms with Crippen molar-refractivity contribution in [3.05, 3.63) is 28.5 Å². The monoisotopic (exact) mass is 233 g/mol. The van der Waals surface area contributed by atoms with Gasteiger partial charge in [0.1, 0.15) is 0 Å². The number of aliphatic hydroxyl groups excluding tert-OH is 1. The first kappa shape index (κ1) is 12.2. The number of benzene rings is 1. The van der Waals surface area contributed by atoms with E-state index in [0.717, 1.165) is 0 Å². The molecule has 3 nitrogen and oxygen atoms in total. The highest BCUT2D eigenvalue weighted by molar-refractivity contribution is 6.32. The first-order valence-electron chi connectivity index (χ1n) is 4.44. The SMILES string of the molecule is COc1c(F)cc(C(O)C(C)N)cc1Cl. The summed E-state index contributed by atoms with van der Waals surface area (Å²) in [6, 6.07) is 2.12. The molecule has 0 saturated heterocycles. The van der Waals surface area contributed by atoms with Gasteiger partial charge in [-0.1, -0.05) is 11.6 Å². The van der Waals surface area contributed by atoms with E-state index in [4.69, 9.17) is 22.1 Å². The van der Waals surface area contributed by atoms with E-state index in [0.29, 0.717) is 5.56 Å². The number of methoxy groups -OCH3 is 1. The van der Waals surface area contributed by atoms with Crippen LogP contribution in [0.5, 0.6) is 5.75 Å². The molecule has 0 fully saturated rings. The summed E-state index contributed by atoms with van der Waals surface area (Å²) in [6.07, 6.45) is -0.942. The highest BCUT2D eigenvalue weighted by atomic mass is 35.5. The fourth-order valence-corrected chi connectivity index (χ4v) is 1.54. The maximum absolute atomic E-state index is 13.4. The van der Waals surface area contributed by atoms with Gasteiger partial charge in [-0.15, -0.1) is 0 Å². The summed E-state index contributed by atoms with van der Waals surface area (Å²) < 4.78 is 18.1. The summed E-state index contributed by atoms with van der Waals surface area (Å²) in [7, 11) is 1.33. The number of hydrogen-bond acceptors (Lipinski definition) is 3. The molecule has 0 saturated carbocycles. The molecule has 1 aromatic rings. The van der Waals surface area contributed by atoms with E-state index in [2.05, 4.69) is 0 Å². The van der Waals surface area contributed by atoms with E-state index >= 15 is 0 Å². The molecule has 0 aliphatic rings. The minimum atomic E-state index is -0.942. The van der Waals surface area contributed by atoms with E-state index < -0.39 is 18.0 Å². The Morgan fingerprint density at radius 2 is 2.13 bits per heavy atom. The Morgan fingerprint density at radius 3 is 2.53 bits per heavy atom. The van der Waals surface area contributed by atoms with Crippen molar-refractivity contribution < 1.29 is 14.2 Å². The molecular weight excluding hydrogens is 221 g/mol. The fourth-order valence-electron chi connectivity index (χ4n) is 1.25. The maximum Gasteiger partial charge on any atom is 0.173 e. The highest BCUT2D eigenvalue weighted by Crippen LogP contribution is 2.31. The van der Waals surface area contributed by atoms with Crippen LogP contribution in [-0.2, 0) is 0 Å². The molecule has 0 aliphatic heterocycles. The zero-order valence-electron chi connectivity index (χ0n) is 8.50. The van der Waals surface area contributed by atoms with Crippen molar-refractivity contribution in [1.29, 1.82) is 0 Å². The molecule has 0 spiro atoms. The van der Waals surface area contributed by atoms with Crippen molar-refractivity contribution in [3.8, 4) is 5.75 Å². The van der Waals surface area contributed by atoms with Crippen molar-refractivity contribution in [2.45, 2.75) is 19.1 Å². The largest absolute Gasteiger partial charge is 0.492 e. The number of halogens is 2. The van der Waals surface area contributed by atoms with Crippen LogP contribution in [-0.4, -0.2) is 18.3 Å². The number of aliphatic hydroxyl groups is 1. The lowest BCUT2D eigenvalue weighted by Gasteiger charge is -2.16. The summed E-state index contributed by atoms with van der Waals surface area (Å²) in [5, 5.41) is 9.74. The molecule has 0 aliphatic carbocycles. The van der Waals surface area contributed by atoms with Crippen LogP contribution in [0.3, 0.4) is 0 Å². The lowest BCUT2D eigenvalue weighted by Crippen LogP contribution is -2.24. The molecule has 2 atom stereocenters. The summed E-state index contributed by atoms with van der Waals surface area (Å²) in [5.74, 6) is -0.642. The summed E-state index contributed by atoms with van der Waals surface area (Å²) in [5.41, 5.74) is 5.83. The van der Waals surface area contributed by atoms with E-state index in [9.17, 15) is 9.50 Å². The average Bonchev–Trinajstić information content (AvgIpc) is 2.15. The number of hydrogen-bond donors (Lipinski definition) is 2. The Hall–Kier alpha value is -0.840. The third-order valence-corrected chi connectivity index (χ3v) is 2.35. The number of ether oxygens (including phenoxy) is 1. The van der Waals surface area contributed by atoms with Crippen LogP contribution in [0.25, 0.3) is 0 Å². The van der Waals surface area contributed by atoms with Crippen LogP contribution in [0.4, 0.5) is 4.39 Å². The van der Waals surface area contributed by atoms with E-state index in [-0.39, 0.29) is 10.8 Å². The average molecular weight is 234 g/mol. The van der Waals surface area contributed by atoms with Crippen molar-refractivity contribution in [1.82, 2.24) is 0 Å². The standard InChI is InChI=1S/C10H13ClFNO2/c1-5(13)9(14)6-3-7(11)10(15-2)8(12)4-6/h3-5,9,14H,13H2,1-2H3. The second-order valence-corrected chi connectivity index (χ2v) is 3.73. The Balaban J connectivity index is 3.14. The van der Waals surface area contributed by atoms with Gasteiger partial charge in [-0.2, -0.15) is 0 Å². The molecule has 0 bridgehead atoms.